The minimum Gasteiger partial charge on any atom is -0.444 e. The van der Waals surface area contributed by atoms with Gasteiger partial charge in [0.25, 0.3) is 5.91 Å². The van der Waals surface area contributed by atoms with Gasteiger partial charge in [-0.25, -0.2) is 4.79 Å². The Morgan fingerprint density at radius 1 is 1.15 bits per heavy atom. The highest BCUT2D eigenvalue weighted by atomic mass is 16.6. The summed E-state index contributed by atoms with van der Waals surface area (Å²) in [6.07, 6.45) is 0.909. The smallest absolute Gasteiger partial charge is 0.407 e. The van der Waals surface area contributed by atoms with Crippen molar-refractivity contribution in [3.05, 3.63) is 0 Å². The number of carbonyl (C=O) groups excluding carboxylic acids is 2. The fourth-order valence-electron chi connectivity index (χ4n) is 2.09. The Morgan fingerprint density at radius 3 is 2.05 bits per heavy atom. The Hall–Kier alpha value is -1.30. The molecular weight excluding hydrogens is 260 g/mol. The molecule has 1 aliphatic rings. The molecule has 0 aromatic carbocycles. The molecule has 1 fully saturated rings. The van der Waals surface area contributed by atoms with Crippen molar-refractivity contribution in [1.29, 1.82) is 0 Å². The summed E-state index contributed by atoms with van der Waals surface area (Å²) in [6.45, 7) is 9.48. The summed E-state index contributed by atoms with van der Waals surface area (Å²) < 4.78 is 5.20. The van der Waals surface area contributed by atoms with Crippen LogP contribution in [-0.2, 0) is 9.53 Å². The van der Waals surface area contributed by atoms with Crippen molar-refractivity contribution in [3.63, 3.8) is 0 Å². The van der Waals surface area contributed by atoms with Crippen LogP contribution in [0.3, 0.4) is 0 Å². The standard InChI is InChI=1S/C14H26N2O4/c1-13(2,3)20-12(18)15-10-6-8-16(9-7-10)11(17)14(4,5)19/h10,19H,6-9H2,1-5H3,(H,15,18). The summed E-state index contributed by atoms with van der Waals surface area (Å²) in [7, 11) is 0. The zero-order valence-corrected chi connectivity index (χ0v) is 13.0. The van der Waals surface area contributed by atoms with E-state index < -0.39 is 17.3 Å². The number of nitrogens with one attached hydrogen (secondary N) is 1. The zero-order chi connectivity index (χ0) is 15.6. The summed E-state index contributed by atoms with van der Waals surface area (Å²) in [6, 6.07) is 0.00991. The van der Waals surface area contributed by atoms with Crippen LogP contribution in [0.25, 0.3) is 0 Å². The summed E-state index contributed by atoms with van der Waals surface area (Å²) in [4.78, 5) is 25.2. The van der Waals surface area contributed by atoms with Gasteiger partial charge >= 0.3 is 6.09 Å². The van der Waals surface area contributed by atoms with Crippen molar-refractivity contribution in [2.24, 2.45) is 0 Å². The first-order valence-electron chi connectivity index (χ1n) is 7.00. The van der Waals surface area contributed by atoms with Crippen LogP contribution >= 0.6 is 0 Å². The molecule has 0 saturated carbocycles. The average Bonchev–Trinajstić information content (AvgIpc) is 2.25. The van der Waals surface area contributed by atoms with E-state index in [-0.39, 0.29) is 11.9 Å². The second-order valence-electron chi connectivity index (χ2n) is 6.77. The van der Waals surface area contributed by atoms with E-state index in [1.165, 1.54) is 13.8 Å². The molecular formula is C14H26N2O4. The maximum absolute atomic E-state index is 11.9. The van der Waals surface area contributed by atoms with Gasteiger partial charge in [-0.2, -0.15) is 0 Å². The van der Waals surface area contributed by atoms with E-state index in [0.29, 0.717) is 25.9 Å². The highest BCUT2D eigenvalue weighted by Gasteiger charge is 2.32. The molecule has 0 bridgehead atoms. The second-order valence-corrected chi connectivity index (χ2v) is 6.77. The minimum absolute atomic E-state index is 0.00991. The van der Waals surface area contributed by atoms with E-state index in [0.717, 1.165) is 0 Å². The number of hydrogen-bond donors (Lipinski definition) is 2. The van der Waals surface area contributed by atoms with Crippen LogP contribution < -0.4 is 5.32 Å². The first-order valence-corrected chi connectivity index (χ1v) is 7.00. The molecule has 0 aliphatic carbocycles. The lowest BCUT2D eigenvalue weighted by molar-refractivity contribution is -0.149. The maximum atomic E-state index is 11.9. The minimum atomic E-state index is -1.34. The van der Waals surface area contributed by atoms with Gasteiger partial charge < -0.3 is 20.1 Å². The molecule has 0 aromatic heterocycles. The number of amides is 2. The molecule has 1 heterocycles. The van der Waals surface area contributed by atoms with Crippen LogP contribution in [-0.4, -0.2) is 52.3 Å². The molecule has 6 nitrogen and oxygen atoms in total. The second kappa shape index (κ2) is 5.99. The molecule has 2 N–H and O–H groups in total. The fourth-order valence-corrected chi connectivity index (χ4v) is 2.09. The van der Waals surface area contributed by atoms with Crippen molar-refractivity contribution < 1.29 is 19.4 Å². The summed E-state index contributed by atoms with van der Waals surface area (Å²) in [5.41, 5.74) is -1.85. The highest BCUT2D eigenvalue weighted by molar-refractivity contribution is 5.84. The normalized spacial score (nSPS) is 17.8. The molecule has 1 aliphatic heterocycles. The van der Waals surface area contributed by atoms with Gasteiger partial charge in [-0.15, -0.1) is 0 Å². The van der Waals surface area contributed by atoms with E-state index in [1.54, 1.807) is 4.90 Å². The van der Waals surface area contributed by atoms with Crippen LogP contribution in [0.2, 0.25) is 0 Å². The topological polar surface area (TPSA) is 78.9 Å². The molecule has 1 rings (SSSR count). The molecule has 6 heteroatoms. The van der Waals surface area contributed by atoms with Crippen molar-refractivity contribution in [2.45, 2.75) is 64.7 Å². The number of likely N-dealkylation sites (tertiary alicyclic amines) is 1. The van der Waals surface area contributed by atoms with Crippen LogP contribution in [0.15, 0.2) is 0 Å². The molecule has 116 valence electrons. The Kier molecular flexibility index (Phi) is 5.02. The molecule has 0 unspecified atom stereocenters. The van der Waals surface area contributed by atoms with Gasteiger partial charge in [0.2, 0.25) is 0 Å². The number of aliphatic hydroxyl groups is 1. The zero-order valence-electron chi connectivity index (χ0n) is 13.0. The number of hydrogen-bond acceptors (Lipinski definition) is 4. The Balaban J connectivity index is 2.40. The van der Waals surface area contributed by atoms with E-state index >= 15 is 0 Å². The third kappa shape index (κ3) is 5.36. The van der Waals surface area contributed by atoms with E-state index in [4.69, 9.17) is 4.74 Å². The molecule has 1 saturated heterocycles. The SMILES string of the molecule is CC(C)(C)OC(=O)NC1CCN(C(=O)C(C)(C)O)CC1. The van der Waals surface area contributed by atoms with Crippen LogP contribution in [0, 0.1) is 0 Å². The first-order chi connectivity index (χ1) is 8.99. The molecule has 0 atom stereocenters. The van der Waals surface area contributed by atoms with Crippen molar-refractivity contribution in [3.8, 4) is 0 Å². The third-order valence-corrected chi connectivity index (χ3v) is 3.03. The van der Waals surface area contributed by atoms with E-state index in [2.05, 4.69) is 5.32 Å². The number of alkyl carbamates (subject to hydrolysis) is 1. The van der Waals surface area contributed by atoms with Crippen LogP contribution in [0.5, 0.6) is 0 Å². The van der Waals surface area contributed by atoms with Crippen LogP contribution in [0.4, 0.5) is 4.79 Å². The average molecular weight is 286 g/mol. The number of carbonyl (C=O) groups is 2. The van der Waals surface area contributed by atoms with E-state index in [9.17, 15) is 14.7 Å². The molecule has 2 amide bonds. The van der Waals surface area contributed by atoms with Crippen molar-refractivity contribution in [2.75, 3.05) is 13.1 Å². The lowest BCUT2D eigenvalue weighted by Gasteiger charge is -2.35. The predicted molar refractivity (Wildman–Crippen MR) is 75.3 cm³/mol. The summed E-state index contributed by atoms with van der Waals surface area (Å²) >= 11 is 0. The molecule has 0 radical (unpaired) electrons. The third-order valence-electron chi connectivity index (χ3n) is 3.03. The van der Waals surface area contributed by atoms with Gasteiger partial charge in [-0.05, 0) is 47.5 Å². The Morgan fingerprint density at radius 2 is 1.65 bits per heavy atom. The lowest BCUT2D eigenvalue weighted by atomic mass is 10.0. The number of piperidine rings is 1. The van der Waals surface area contributed by atoms with Gasteiger partial charge in [0.05, 0.1) is 0 Å². The van der Waals surface area contributed by atoms with Gasteiger partial charge in [0.1, 0.15) is 11.2 Å². The fraction of sp³-hybridized carbons (Fsp3) is 0.857. The van der Waals surface area contributed by atoms with Gasteiger partial charge in [0.15, 0.2) is 0 Å². The maximum Gasteiger partial charge on any atom is 0.407 e. The summed E-state index contributed by atoms with van der Waals surface area (Å²) in [5.74, 6) is -0.270. The summed E-state index contributed by atoms with van der Waals surface area (Å²) in [5, 5.41) is 12.5. The quantitative estimate of drug-likeness (QED) is 0.801. The van der Waals surface area contributed by atoms with Crippen molar-refractivity contribution in [1.82, 2.24) is 10.2 Å². The predicted octanol–water partition coefficient (Wildman–Crippen LogP) is 1.27. The van der Waals surface area contributed by atoms with E-state index in [1.807, 2.05) is 20.8 Å². The largest absolute Gasteiger partial charge is 0.444 e. The van der Waals surface area contributed by atoms with Crippen LogP contribution in [0.1, 0.15) is 47.5 Å². The van der Waals surface area contributed by atoms with Gasteiger partial charge in [-0.1, -0.05) is 0 Å². The molecule has 0 spiro atoms. The number of nitrogens with zero attached hydrogens (tertiary/aromatic N) is 1. The molecule has 0 aromatic rings. The van der Waals surface area contributed by atoms with Gasteiger partial charge in [-0.3, -0.25) is 4.79 Å². The Labute approximate surface area is 120 Å². The number of ether oxygens (including phenoxy) is 1. The Bertz CT molecular complexity index is 360. The first kappa shape index (κ1) is 16.8. The highest BCUT2D eigenvalue weighted by Crippen LogP contribution is 2.16. The van der Waals surface area contributed by atoms with Crippen molar-refractivity contribution >= 4 is 12.0 Å². The van der Waals surface area contributed by atoms with Gasteiger partial charge in [0, 0.05) is 19.1 Å². The number of rotatable bonds is 2. The molecule has 20 heavy (non-hydrogen) atoms. The monoisotopic (exact) mass is 286 g/mol. The lowest BCUT2D eigenvalue weighted by Crippen LogP contribution is -2.52.